The van der Waals surface area contributed by atoms with Crippen molar-refractivity contribution >= 4 is 29.9 Å². The lowest BCUT2D eigenvalue weighted by Crippen LogP contribution is -2.23. The van der Waals surface area contributed by atoms with E-state index in [2.05, 4.69) is 4.99 Å². The van der Waals surface area contributed by atoms with Gasteiger partial charge in [-0.1, -0.05) is 0 Å². The van der Waals surface area contributed by atoms with Gasteiger partial charge in [0, 0.05) is 13.0 Å². The van der Waals surface area contributed by atoms with Crippen LogP contribution in [0.4, 0.5) is 4.39 Å². The zero-order valence-electron chi connectivity index (χ0n) is 8.73. The van der Waals surface area contributed by atoms with Crippen LogP contribution in [0.25, 0.3) is 0 Å². The maximum Gasteiger partial charge on any atom is 0.185 e. The van der Waals surface area contributed by atoms with Gasteiger partial charge in [0.1, 0.15) is 11.6 Å². The smallest absolute Gasteiger partial charge is 0.185 e. The molecule has 0 radical (unpaired) electrons. The van der Waals surface area contributed by atoms with E-state index in [4.69, 9.17) is 16.2 Å². The molecular weight excluding hydrogens is 324 g/mol. The van der Waals surface area contributed by atoms with Crippen molar-refractivity contribution in [3.8, 4) is 5.75 Å². The number of hydrogen-bond acceptors (Lipinski definition) is 2. The highest BCUT2D eigenvalue weighted by atomic mass is 127. The van der Waals surface area contributed by atoms with E-state index in [9.17, 15) is 4.39 Å². The highest BCUT2D eigenvalue weighted by Gasteiger charge is 1.94. The van der Waals surface area contributed by atoms with Crippen molar-refractivity contribution in [2.45, 2.75) is 6.42 Å². The molecule has 0 fully saturated rings. The molecule has 6 heteroatoms. The second-order valence-electron chi connectivity index (χ2n) is 2.96. The Morgan fingerprint density at radius 1 is 1.25 bits per heavy atom. The van der Waals surface area contributed by atoms with Crippen LogP contribution in [0.3, 0.4) is 0 Å². The minimum atomic E-state index is -0.275. The molecule has 1 aromatic carbocycles. The lowest BCUT2D eigenvalue weighted by Gasteiger charge is -2.04. The molecule has 0 aliphatic rings. The van der Waals surface area contributed by atoms with Gasteiger partial charge in [0.25, 0.3) is 0 Å². The molecule has 0 atom stereocenters. The summed E-state index contributed by atoms with van der Waals surface area (Å²) in [6.07, 6.45) is 0.718. The first-order valence-electron chi connectivity index (χ1n) is 4.62. The zero-order valence-corrected chi connectivity index (χ0v) is 11.1. The third-order valence-corrected chi connectivity index (χ3v) is 1.68. The molecule has 0 heterocycles. The zero-order chi connectivity index (χ0) is 11.1. The molecule has 0 aliphatic carbocycles. The van der Waals surface area contributed by atoms with Crippen LogP contribution in [0.1, 0.15) is 6.42 Å². The maximum atomic E-state index is 12.5. The van der Waals surface area contributed by atoms with Gasteiger partial charge in [-0.3, -0.25) is 4.99 Å². The summed E-state index contributed by atoms with van der Waals surface area (Å²) in [7, 11) is 0. The largest absolute Gasteiger partial charge is 0.494 e. The molecule has 16 heavy (non-hydrogen) atoms. The van der Waals surface area contributed by atoms with E-state index in [0.717, 1.165) is 6.42 Å². The van der Waals surface area contributed by atoms with Crippen molar-refractivity contribution in [1.82, 2.24) is 0 Å². The summed E-state index contributed by atoms with van der Waals surface area (Å²) in [4.78, 5) is 3.80. The van der Waals surface area contributed by atoms with Crippen LogP contribution < -0.4 is 16.2 Å². The number of guanidine groups is 1. The Morgan fingerprint density at radius 3 is 2.44 bits per heavy atom. The van der Waals surface area contributed by atoms with E-state index in [1.165, 1.54) is 12.1 Å². The molecular formula is C10H15FIN3O. The van der Waals surface area contributed by atoms with Gasteiger partial charge in [-0.05, 0) is 24.3 Å². The molecule has 0 unspecified atom stereocenters. The second-order valence-corrected chi connectivity index (χ2v) is 2.96. The lowest BCUT2D eigenvalue weighted by atomic mass is 10.3. The first-order valence-corrected chi connectivity index (χ1v) is 4.62. The Morgan fingerprint density at radius 2 is 1.88 bits per heavy atom. The Kier molecular flexibility index (Phi) is 7.61. The normalized spacial score (nSPS) is 9.06. The van der Waals surface area contributed by atoms with Gasteiger partial charge >= 0.3 is 0 Å². The van der Waals surface area contributed by atoms with Gasteiger partial charge in [0.15, 0.2) is 5.96 Å². The number of benzene rings is 1. The van der Waals surface area contributed by atoms with Crippen LogP contribution in [-0.2, 0) is 0 Å². The number of hydrogen-bond donors (Lipinski definition) is 2. The van der Waals surface area contributed by atoms with E-state index in [0.29, 0.717) is 18.9 Å². The minimum Gasteiger partial charge on any atom is -0.494 e. The van der Waals surface area contributed by atoms with Gasteiger partial charge in [-0.15, -0.1) is 24.0 Å². The number of nitrogens with two attached hydrogens (primary N) is 2. The van der Waals surface area contributed by atoms with Gasteiger partial charge < -0.3 is 16.2 Å². The minimum absolute atomic E-state index is 0. The molecule has 0 spiro atoms. The van der Waals surface area contributed by atoms with Crippen LogP contribution in [0.2, 0.25) is 0 Å². The number of rotatable bonds is 5. The van der Waals surface area contributed by atoms with Crippen molar-refractivity contribution in [1.29, 1.82) is 0 Å². The molecule has 90 valence electrons. The predicted octanol–water partition coefficient (Wildman–Crippen LogP) is 1.49. The van der Waals surface area contributed by atoms with Crippen molar-refractivity contribution in [2.75, 3.05) is 13.2 Å². The monoisotopic (exact) mass is 339 g/mol. The Hall–Kier alpha value is -1.05. The third-order valence-electron chi connectivity index (χ3n) is 1.68. The number of nitrogens with zero attached hydrogens (tertiary/aromatic N) is 1. The maximum absolute atomic E-state index is 12.5. The fourth-order valence-electron chi connectivity index (χ4n) is 0.994. The van der Waals surface area contributed by atoms with E-state index in [1.807, 2.05) is 0 Å². The highest BCUT2D eigenvalue weighted by molar-refractivity contribution is 14.0. The molecule has 0 aliphatic heterocycles. The van der Waals surface area contributed by atoms with Gasteiger partial charge in [-0.25, -0.2) is 4.39 Å². The first-order chi connectivity index (χ1) is 7.18. The topological polar surface area (TPSA) is 73.6 Å². The summed E-state index contributed by atoms with van der Waals surface area (Å²) in [5.74, 6) is 0.445. The molecule has 4 nitrogen and oxygen atoms in total. The fourth-order valence-corrected chi connectivity index (χ4v) is 0.994. The van der Waals surface area contributed by atoms with Crippen molar-refractivity contribution in [2.24, 2.45) is 16.5 Å². The first kappa shape index (κ1) is 14.9. The third kappa shape index (κ3) is 6.44. The summed E-state index contributed by atoms with van der Waals surface area (Å²) < 4.78 is 17.8. The molecule has 0 saturated heterocycles. The predicted molar refractivity (Wildman–Crippen MR) is 72.6 cm³/mol. The van der Waals surface area contributed by atoms with Crippen LogP contribution in [-0.4, -0.2) is 19.1 Å². The van der Waals surface area contributed by atoms with Crippen molar-refractivity contribution < 1.29 is 9.13 Å². The Labute approximate surface area is 111 Å². The van der Waals surface area contributed by atoms with Crippen molar-refractivity contribution in [3.63, 3.8) is 0 Å². The van der Waals surface area contributed by atoms with Crippen molar-refractivity contribution in [3.05, 3.63) is 30.1 Å². The van der Waals surface area contributed by atoms with Gasteiger partial charge in [-0.2, -0.15) is 0 Å². The average Bonchev–Trinajstić information content (AvgIpc) is 2.20. The van der Waals surface area contributed by atoms with Crippen LogP contribution >= 0.6 is 24.0 Å². The molecule has 0 bridgehead atoms. The molecule has 1 rings (SSSR count). The summed E-state index contributed by atoms with van der Waals surface area (Å²) >= 11 is 0. The van der Waals surface area contributed by atoms with E-state index < -0.39 is 0 Å². The van der Waals surface area contributed by atoms with Crippen LogP contribution in [0, 0.1) is 5.82 Å². The summed E-state index contributed by atoms with van der Waals surface area (Å²) in [6.45, 7) is 1.03. The molecule has 0 aromatic heterocycles. The quantitative estimate of drug-likeness (QED) is 0.369. The highest BCUT2D eigenvalue weighted by Crippen LogP contribution is 2.10. The summed E-state index contributed by atoms with van der Waals surface area (Å²) in [6, 6.07) is 5.86. The standard InChI is InChI=1S/C10H14FN3O.HI/c11-8-2-4-9(5-3-8)15-7-1-6-14-10(12)13;/h2-5H,1,6-7H2,(H4,12,13,14);1H. The molecule has 4 N–H and O–H groups in total. The summed E-state index contributed by atoms with van der Waals surface area (Å²) in [5.41, 5.74) is 10.3. The SMILES string of the molecule is I.NC(N)=NCCCOc1ccc(F)cc1. The van der Waals surface area contributed by atoms with Gasteiger partial charge in [0.05, 0.1) is 6.61 Å². The Balaban J connectivity index is 0.00000225. The number of aliphatic imine (C=N–C) groups is 1. The van der Waals surface area contributed by atoms with E-state index in [-0.39, 0.29) is 35.8 Å². The van der Waals surface area contributed by atoms with E-state index >= 15 is 0 Å². The molecule has 0 saturated carbocycles. The molecule has 1 aromatic rings. The second kappa shape index (κ2) is 8.14. The Bertz CT molecular complexity index is 325. The van der Waals surface area contributed by atoms with Crippen LogP contribution in [0.15, 0.2) is 29.3 Å². The fraction of sp³-hybridized carbons (Fsp3) is 0.300. The average molecular weight is 339 g/mol. The number of ether oxygens (including phenoxy) is 1. The van der Waals surface area contributed by atoms with Gasteiger partial charge in [0.2, 0.25) is 0 Å². The van der Waals surface area contributed by atoms with E-state index in [1.54, 1.807) is 12.1 Å². The lowest BCUT2D eigenvalue weighted by molar-refractivity contribution is 0.313. The molecule has 0 amide bonds. The van der Waals surface area contributed by atoms with Crippen LogP contribution in [0.5, 0.6) is 5.75 Å². The summed E-state index contributed by atoms with van der Waals surface area (Å²) in [5, 5.41) is 0. The number of halogens is 2.